The van der Waals surface area contributed by atoms with Gasteiger partial charge in [-0.25, -0.2) is 0 Å². The highest BCUT2D eigenvalue weighted by molar-refractivity contribution is 7.09. The van der Waals surface area contributed by atoms with Crippen molar-refractivity contribution < 1.29 is 19.1 Å². The summed E-state index contributed by atoms with van der Waals surface area (Å²) in [6.07, 6.45) is 0. The van der Waals surface area contributed by atoms with Crippen LogP contribution in [0.25, 0.3) is 0 Å². The van der Waals surface area contributed by atoms with E-state index in [2.05, 4.69) is 5.32 Å². The number of ether oxygens (including phenoxy) is 2. The van der Waals surface area contributed by atoms with Gasteiger partial charge in [0.2, 0.25) is 12.7 Å². The van der Waals surface area contributed by atoms with Gasteiger partial charge in [-0.05, 0) is 29.6 Å². The Labute approximate surface area is 137 Å². The molecule has 2 aromatic rings. The van der Waals surface area contributed by atoms with Crippen LogP contribution in [0.5, 0.6) is 11.5 Å². The molecule has 1 aromatic carbocycles. The van der Waals surface area contributed by atoms with E-state index >= 15 is 0 Å². The topological polar surface area (TPSA) is 67.9 Å². The molecular formula is C16H16N2O4S. The smallest absolute Gasteiger partial charge is 0.251 e. The molecule has 1 aromatic heterocycles. The molecule has 1 N–H and O–H groups in total. The maximum absolute atomic E-state index is 12.1. The van der Waals surface area contributed by atoms with Gasteiger partial charge in [-0.15, -0.1) is 11.3 Å². The van der Waals surface area contributed by atoms with Crippen molar-refractivity contribution >= 4 is 23.2 Å². The fraction of sp³-hybridized carbons (Fsp3) is 0.250. The van der Waals surface area contributed by atoms with Gasteiger partial charge in [0.05, 0.1) is 13.1 Å². The van der Waals surface area contributed by atoms with Crippen molar-refractivity contribution in [2.75, 3.05) is 20.4 Å². The summed E-state index contributed by atoms with van der Waals surface area (Å²) in [4.78, 5) is 26.9. The van der Waals surface area contributed by atoms with E-state index < -0.39 is 0 Å². The molecule has 0 spiro atoms. The van der Waals surface area contributed by atoms with Crippen molar-refractivity contribution in [3.05, 3.63) is 46.2 Å². The van der Waals surface area contributed by atoms with Crippen LogP contribution < -0.4 is 14.8 Å². The maximum Gasteiger partial charge on any atom is 0.251 e. The number of nitrogens with zero attached hydrogens (tertiary/aromatic N) is 1. The van der Waals surface area contributed by atoms with Crippen LogP contribution >= 0.6 is 11.3 Å². The average molecular weight is 332 g/mol. The Kier molecular flexibility index (Phi) is 4.47. The van der Waals surface area contributed by atoms with Gasteiger partial charge in [0.15, 0.2) is 11.5 Å². The van der Waals surface area contributed by atoms with Gasteiger partial charge < -0.3 is 19.7 Å². The van der Waals surface area contributed by atoms with E-state index in [9.17, 15) is 9.59 Å². The number of rotatable bonds is 5. The highest BCUT2D eigenvalue weighted by Gasteiger charge is 2.17. The molecule has 0 fully saturated rings. The molecule has 0 saturated carbocycles. The van der Waals surface area contributed by atoms with E-state index in [-0.39, 0.29) is 25.2 Å². The Morgan fingerprint density at radius 1 is 1.26 bits per heavy atom. The third-order valence-corrected chi connectivity index (χ3v) is 4.29. The molecular weight excluding hydrogens is 316 g/mol. The van der Waals surface area contributed by atoms with Gasteiger partial charge >= 0.3 is 0 Å². The average Bonchev–Trinajstić information content (AvgIpc) is 3.22. The number of likely N-dealkylation sites (N-methyl/N-ethyl adjacent to an activating group) is 1. The molecule has 0 atom stereocenters. The van der Waals surface area contributed by atoms with Crippen LogP contribution in [0.2, 0.25) is 0 Å². The number of hydrogen-bond acceptors (Lipinski definition) is 5. The van der Waals surface area contributed by atoms with Gasteiger partial charge in [-0.1, -0.05) is 6.07 Å². The SMILES string of the molecule is CN(Cc1cccs1)C(=O)CNC(=O)c1ccc2c(c1)OCO2. The monoisotopic (exact) mass is 332 g/mol. The van der Waals surface area contributed by atoms with Crippen molar-refractivity contribution in [2.45, 2.75) is 6.54 Å². The highest BCUT2D eigenvalue weighted by Crippen LogP contribution is 2.32. The third-order valence-electron chi connectivity index (χ3n) is 3.43. The van der Waals surface area contributed by atoms with Crippen molar-refractivity contribution in [1.82, 2.24) is 10.2 Å². The summed E-state index contributed by atoms with van der Waals surface area (Å²) >= 11 is 1.59. The molecule has 1 aliphatic rings. The first-order chi connectivity index (χ1) is 11.1. The molecule has 2 heterocycles. The predicted octanol–water partition coefficient (Wildman–Crippen LogP) is 1.87. The third kappa shape index (κ3) is 3.62. The summed E-state index contributed by atoms with van der Waals surface area (Å²) in [5.41, 5.74) is 0.433. The van der Waals surface area contributed by atoms with E-state index in [1.54, 1.807) is 41.5 Å². The predicted molar refractivity (Wildman–Crippen MR) is 85.7 cm³/mol. The van der Waals surface area contributed by atoms with E-state index in [0.29, 0.717) is 23.6 Å². The molecule has 1 aliphatic heterocycles. The molecule has 0 aliphatic carbocycles. The Bertz CT molecular complexity index is 715. The number of fused-ring (bicyclic) bond motifs is 1. The zero-order chi connectivity index (χ0) is 16.2. The summed E-state index contributed by atoms with van der Waals surface area (Å²) in [6.45, 7) is 0.651. The second-order valence-electron chi connectivity index (χ2n) is 5.08. The number of carbonyl (C=O) groups is 2. The Morgan fingerprint density at radius 3 is 2.87 bits per heavy atom. The van der Waals surface area contributed by atoms with E-state index in [0.717, 1.165) is 4.88 Å². The quantitative estimate of drug-likeness (QED) is 0.907. The molecule has 120 valence electrons. The van der Waals surface area contributed by atoms with Crippen molar-refractivity contribution in [2.24, 2.45) is 0 Å². The van der Waals surface area contributed by atoms with Gasteiger partial charge in [-0.3, -0.25) is 9.59 Å². The first-order valence-corrected chi connectivity index (χ1v) is 7.95. The lowest BCUT2D eigenvalue weighted by Gasteiger charge is -2.16. The second-order valence-corrected chi connectivity index (χ2v) is 6.11. The van der Waals surface area contributed by atoms with Crippen LogP contribution in [0.15, 0.2) is 35.7 Å². The van der Waals surface area contributed by atoms with Gasteiger partial charge in [0, 0.05) is 17.5 Å². The lowest BCUT2D eigenvalue weighted by atomic mass is 10.2. The van der Waals surface area contributed by atoms with Gasteiger partial charge in [-0.2, -0.15) is 0 Å². The summed E-state index contributed by atoms with van der Waals surface area (Å²) in [5, 5.41) is 4.59. The van der Waals surface area contributed by atoms with E-state index in [1.165, 1.54) is 0 Å². The molecule has 7 heteroatoms. The number of thiophene rings is 1. The fourth-order valence-corrected chi connectivity index (χ4v) is 2.91. The largest absolute Gasteiger partial charge is 0.454 e. The minimum atomic E-state index is -0.318. The molecule has 0 saturated heterocycles. The zero-order valence-corrected chi connectivity index (χ0v) is 13.4. The van der Waals surface area contributed by atoms with Gasteiger partial charge in [0.25, 0.3) is 5.91 Å². The normalized spacial score (nSPS) is 12.0. The molecule has 2 amide bonds. The minimum absolute atomic E-state index is 0.0465. The highest BCUT2D eigenvalue weighted by atomic mass is 32.1. The maximum atomic E-state index is 12.1. The molecule has 0 unspecified atom stereocenters. The van der Waals surface area contributed by atoms with Crippen LogP contribution in [-0.2, 0) is 11.3 Å². The standard InChI is InChI=1S/C16H16N2O4S/c1-18(9-12-3-2-6-23-12)15(19)8-17-16(20)11-4-5-13-14(7-11)22-10-21-13/h2-7H,8-10H2,1H3,(H,17,20). The van der Waals surface area contributed by atoms with E-state index in [1.807, 2.05) is 17.5 Å². The molecule has 6 nitrogen and oxygen atoms in total. The lowest BCUT2D eigenvalue weighted by Crippen LogP contribution is -2.37. The van der Waals surface area contributed by atoms with Crippen LogP contribution in [0.1, 0.15) is 15.2 Å². The lowest BCUT2D eigenvalue weighted by molar-refractivity contribution is -0.129. The molecule has 23 heavy (non-hydrogen) atoms. The Balaban J connectivity index is 1.53. The zero-order valence-electron chi connectivity index (χ0n) is 12.6. The fourth-order valence-electron chi connectivity index (χ4n) is 2.16. The van der Waals surface area contributed by atoms with Crippen LogP contribution in [0.4, 0.5) is 0 Å². The summed E-state index contributed by atoms with van der Waals surface area (Å²) < 4.78 is 10.4. The molecule has 0 bridgehead atoms. The molecule has 3 rings (SSSR count). The summed E-state index contributed by atoms with van der Waals surface area (Å²) in [7, 11) is 1.72. The summed E-state index contributed by atoms with van der Waals surface area (Å²) in [5.74, 6) is 0.695. The first-order valence-electron chi connectivity index (χ1n) is 7.07. The van der Waals surface area contributed by atoms with Crippen molar-refractivity contribution in [3.8, 4) is 11.5 Å². The van der Waals surface area contributed by atoms with E-state index in [4.69, 9.17) is 9.47 Å². The summed E-state index contributed by atoms with van der Waals surface area (Å²) in [6, 6.07) is 8.85. The Morgan fingerprint density at radius 2 is 2.09 bits per heavy atom. The minimum Gasteiger partial charge on any atom is -0.454 e. The van der Waals surface area contributed by atoms with Gasteiger partial charge in [0.1, 0.15) is 0 Å². The van der Waals surface area contributed by atoms with Crippen LogP contribution in [0.3, 0.4) is 0 Å². The van der Waals surface area contributed by atoms with Crippen molar-refractivity contribution in [1.29, 1.82) is 0 Å². The number of benzene rings is 1. The number of hydrogen-bond donors (Lipinski definition) is 1. The second kappa shape index (κ2) is 6.70. The van der Waals surface area contributed by atoms with Crippen LogP contribution in [-0.4, -0.2) is 37.1 Å². The van der Waals surface area contributed by atoms with Crippen LogP contribution in [0, 0.1) is 0 Å². The molecule has 0 radical (unpaired) electrons. The Hall–Kier alpha value is -2.54. The number of amides is 2. The first kappa shape index (κ1) is 15.4. The number of nitrogens with one attached hydrogen (secondary N) is 1. The van der Waals surface area contributed by atoms with Crippen molar-refractivity contribution in [3.63, 3.8) is 0 Å². The number of carbonyl (C=O) groups excluding carboxylic acids is 2.